The van der Waals surface area contributed by atoms with Crippen molar-refractivity contribution >= 4 is 22.6 Å². The third kappa shape index (κ3) is 2.15. The number of benzene rings is 1. The van der Waals surface area contributed by atoms with Crippen molar-refractivity contribution in [2.75, 3.05) is 0 Å². The molecule has 0 atom stereocenters. The summed E-state index contributed by atoms with van der Waals surface area (Å²) in [5, 5.41) is 0. The first-order valence-corrected chi connectivity index (χ1v) is 5.13. The fourth-order valence-electron chi connectivity index (χ4n) is 0.961. The van der Waals surface area contributed by atoms with Crippen LogP contribution in [-0.2, 0) is 10.8 Å². The highest BCUT2D eigenvalue weighted by atomic mass is 127. The Kier molecular flexibility index (Phi) is 3.30. The Bertz CT molecular complexity index is 245. The lowest BCUT2D eigenvalue weighted by Gasteiger charge is -2.00. The van der Waals surface area contributed by atoms with Crippen LogP contribution in [0.15, 0.2) is 18.2 Å². The molecule has 0 fully saturated rings. The lowest BCUT2D eigenvalue weighted by Crippen LogP contribution is -1.88. The molecule has 2 heteroatoms. The second-order valence-corrected chi connectivity index (χ2v) is 3.18. The van der Waals surface area contributed by atoms with Gasteiger partial charge in [-0.2, -0.15) is 0 Å². The number of hydrogen-bond donors (Lipinski definition) is 0. The van der Waals surface area contributed by atoms with Gasteiger partial charge in [0.25, 0.3) is 0 Å². The Labute approximate surface area is 80.0 Å². The van der Waals surface area contributed by atoms with Crippen LogP contribution in [0.2, 0.25) is 0 Å². The van der Waals surface area contributed by atoms with Gasteiger partial charge >= 0.3 is 0 Å². The Hall–Kier alpha value is -0.120. The molecule has 0 saturated heterocycles. The van der Waals surface area contributed by atoms with Crippen molar-refractivity contribution in [3.8, 4) is 0 Å². The quantitative estimate of drug-likeness (QED) is 0.567. The average molecular weight is 264 g/mol. The third-order valence-electron chi connectivity index (χ3n) is 1.65. The second-order valence-electron chi connectivity index (χ2n) is 2.41. The van der Waals surface area contributed by atoms with Crippen molar-refractivity contribution in [1.82, 2.24) is 0 Å². The zero-order chi connectivity index (χ0) is 8.27. The maximum atomic E-state index is 13.0. The van der Waals surface area contributed by atoms with Crippen LogP contribution in [0.5, 0.6) is 0 Å². The molecule has 0 aliphatic heterocycles. The van der Waals surface area contributed by atoms with E-state index in [2.05, 4.69) is 22.6 Å². The van der Waals surface area contributed by atoms with Gasteiger partial charge in [0, 0.05) is 4.43 Å². The molecule has 60 valence electrons. The van der Waals surface area contributed by atoms with Crippen molar-refractivity contribution in [2.45, 2.75) is 17.8 Å². The Morgan fingerprint density at radius 1 is 1.45 bits per heavy atom. The van der Waals surface area contributed by atoms with Gasteiger partial charge < -0.3 is 0 Å². The lowest BCUT2D eigenvalue weighted by atomic mass is 10.1. The summed E-state index contributed by atoms with van der Waals surface area (Å²) in [6.45, 7) is 1.96. The van der Waals surface area contributed by atoms with Gasteiger partial charge in [0.1, 0.15) is 5.82 Å². The summed E-state index contributed by atoms with van der Waals surface area (Å²) >= 11 is 2.23. The van der Waals surface area contributed by atoms with E-state index < -0.39 is 0 Å². The molecule has 0 saturated carbocycles. The molecule has 0 N–H and O–H groups in total. The largest absolute Gasteiger partial charge is 0.207 e. The molecule has 0 heterocycles. The van der Waals surface area contributed by atoms with Gasteiger partial charge in [-0.25, -0.2) is 4.39 Å². The van der Waals surface area contributed by atoms with Crippen molar-refractivity contribution in [2.24, 2.45) is 0 Å². The Morgan fingerprint density at radius 3 is 2.64 bits per heavy atom. The monoisotopic (exact) mass is 264 g/mol. The minimum Gasteiger partial charge on any atom is -0.207 e. The lowest BCUT2D eigenvalue weighted by molar-refractivity contribution is 0.611. The minimum absolute atomic E-state index is 0.0679. The van der Waals surface area contributed by atoms with Gasteiger partial charge in [0.2, 0.25) is 0 Å². The maximum absolute atomic E-state index is 13.0. The van der Waals surface area contributed by atoms with E-state index in [0.29, 0.717) is 0 Å². The fraction of sp³-hybridized carbons (Fsp3) is 0.333. The number of alkyl halides is 1. The molecule has 0 aromatic heterocycles. The van der Waals surface area contributed by atoms with Crippen LogP contribution in [0.3, 0.4) is 0 Å². The Balaban J connectivity index is 2.99. The molecule has 0 aliphatic rings. The first kappa shape index (κ1) is 8.97. The summed E-state index contributed by atoms with van der Waals surface area (Å²) in [7, 11) is 0. The molecule has 0 aliphatic carbocycles. The summed E-state index contributed by atoms with van der Waals surface area (Å²) in [5.74, 6) is -0.0679. The van der Waals surface area contributed by atoms with E-state index in [1.54, 1.807) is 6.07 Å². The van der Waals surface area contributed by atoms with Gasteiger partial charge in [0.05, 0.1) is 0 Å². The SMILES string of the molecule is CCc1ccc(CI)cc1F. The molecule has 1 aromatic carbocycles. The predicted octanol–water partition coefficient (Wildman–Crippen LogP) is 3.32. The van der Waals surface area contributed by atoms with Crippen LogP contribution < -0.4 is 0 Å². The normalized spacial score (nSPS) is 10.1. The molecule has 0 nitrogen and oxygen atoms in total. The van der Waals surface area contributed by atoms with E-state index in [4.69, 9.17) is 0 Å². The number of aryl methyl sites for hydroxylation is 1. The summed E-state index contributed by atoms with van der Waals surface area (Å²) in [5.41, 5.74) is 1.86. The number of rotatable bonds is 2. The van der Waals surface area contributed by atoms with Crippen LogP contribution >= 0.6 is 22.6 Å². The van der Waals surface area contributed by atoms with E-state index in [9.17, 15) is 4.39 Å². The van der Waals surface area contributed by atoms with E-state index in [1.165, 1.54) is 0 Å². The molecular weight excluding hydrogens is 254 g/mol. The van der Waals surface area contributed by atoms with Crippen LogP contribution in [0.4, 0.5) is 4.39 Å². The molecule has 1 rings (SSSR count). The number of hydrogen-bond acceptors (Lipinski definition) is 0. The van der Waals surface area contributed by atoms with Crippen molar-refractivity contribution in [3.05, 3.63) is 35.1 Å². The molecule has 0 bridgehead atoms. The highest BCUT2D eigenvalue weighted by Crippen LogP contribution is 2.13. The fourth-order valence-corrected chi connectivity index (χ4v) is 1.44. The zero-order valence-corrected chi connectivity index (χ0v) is 8.56. The summed E-state index contributed by atoms with van der Waals surface area (Å²) < 4.78 is 13.9. The van der Waals surface area contributed by atoms with Gasteiger partial charge in [-0.1, -0.05) is 41.6 Å². The summed E-state index contributed by atoms with van der Waals surface area (Å²) in [6, 6.07) is 5.46. The summed E-state index contributed by atoms with van der Waals surface area (Å²) in [6.07, 6.45) is 0.771. The van der Waals surface area contributed by atoms with Crippen LogP contribution in [0.25, 0.3) is 0 Å². The topological polar surface area (TPSA) is 0 Å². The minimum atomic E-state index is -0.0679. The highest BCUT2D eigenvalue weighted by molar-refractivity contribution is 14.1. The first-order chi connectivity index (χ1) is 5.27. The molecule has 11 heavy (non-hydrogen) atoms. The predicted molar refractivity (Wildman–Crippen MR) is 53.5 cm³/mol. The van der Waals surface area contributed by atoms with Crippen molar-refractivity contribution < 1.29 is 4.39 Å². The molecule has 0 radical (unpaired) electrons. The summed E-state index contributed by atoms with van der Waals surface area (Å²) in [4.78, 5) is 0. The molecule has 1 aromatic rings. The van der Waals surface area contributed by atoms with E-state index in [1.807, 2.05) is 19.1 Å². The molecule has 0 unspecified atom stereocenters. The maximum Gasteiger partial charge on any atom is 0.126 e. The van der Waals surface area contributed by atoms with Crippen LogP contribution in [0.1, 0.15) is 18.1 Å². The third-order valence-corrected chi connectivity index (χ3v) is 2.53. The van der Waals surface area contributed by atoms with E-state index in [-0.39, 0.29) is 5.82 Å². The van der Waals surface area contributed by atoms with Crippen molar-refractivity contribution in [3.63, 3.8) is 0 Å². The molecule has 0 amide bonds. The molecular formula is C9H10FI. The van der Waals surface area contributed by atoms with Gasteiger partial charge in [-0.15, -0.1) is 0 Å². The highest BCUT2D eigenvalue weighted by Gasteiger charge is 1.99. The van der Waals surface area contributed by atoms with E-state index in [0.717, 1.165) is 22.0 Å². The van der Waals surface area contributed by atoms with Crippen molar-refractivity contribution in [1.29, 1.82) is 0 Å². The standard InChI is InChI=1S/C9H10FI/c1-2-8-4-3-7(6-11)5-9(8)10/h3-5H,2,6H2,1H3. The Morgan fingerprint density at radius 2 is 2.18 bits per heavy atom. The van der Waals surface area contributed by atoms with Gasteiger partial charge in [-0.05, 0) is 23.6 Å². The second kappa shape index (κ2) is 4.04. The average Bonchev–Trinajstić information content (AvgIpc) is 2.04. The number of halogens is 2. The van der Waals surface area contributed by atoms with Gasteiger partial charge in [-0.3, -0.25) is 0 Å². The van der Waals surface area contributed by atoms with Gasteiger partial charge in [0.15, 0.2) is 0 Å². The molecule has 0 spiro atoms. The zero-order valence-electron chi connectivity index (χ0n) is 6.40. The smallest absolute Gasteiger partial charge is 0.126 e. The van der Waals surface area contributed by atoms with E-state index >= 15 is 0 Å². The van der Waals surface area contributed by atoms with Crippen LogP contribution in [0, 0.1) is 5.82 Å². The first-order valence-electron chi connectivity index (χ1n) is 3.61. The van der Waals surface area contributed by atoms with Crippen LogP contribution in [-0.4, -0.2) is 0 Å².